The molecule has 1 N–H and O–H groups in total. The number of rotatable bonds is 9. The van der Waals surface area contributed by atoms with Gasteiger partial charge in [-0.2, -0.15) is 0 Å². The van der Waals surface area contributed by atoms with Crippen molar-refractivity contribution in [2.24, 2.45) is 5.16 Å². The van der Waals surface area contributed by atoms with Gasteiger partial charge in [-0.05, 0) is 31.2 Å². The van der Waals surface area contributed by atoms with Crippen LogP contribution in [0.2, 0.25) is 5.02 Å². The normalized spacial score (nSPS) is 10.5. The second-order valence-corrected chi connectivity index (χ2v) is 5.66. The minimum Gasteiger partial charge on any atom is -0.497 e. The Kier molecular flexibility index (Phi) is 7.76. The number of carbonyl (C=O) groups excluding carboxylic acids is 1. The number of anilines is 1. The lowest BCUT2D eigenvalue weighted by Crippen LogP contribution is -2.16. The summed E-state index contributed by atoms with van der Waals surface area (Å²) in [6, 6.07) is 10.4. The van der Waals surface area contributed by atoms with Gasteiger partial charge in [-0.3, -0.25) is 4.79 Å². The Hall–Kier alpha value is -2.93. The number of halogens is 1. The Morgan fingerprint density at radius 2 is 2.04 bits per heavy atom. The maximum absolute atomic E-state index is 11.9. The van der Waals surface area contributed by atoms with Crippen LogP contribution in [-0.4, -0.2) is 39.6 Å². The molecule has 0 saturated carbocycles. The first-order chi connectivity index (χ1) is 13.1. The predicted octanol–water partition coefficient (Wildman–Crippen LogP) is 3.75. The number of benzene rings is 2. The molecule has 1 amide bonds. The minimum atomic E-state index is -0.345. The molecule has 0 fully saturated rings. The molecule has 0 saturated heterocycles. The molecule has 0 aliphatic carbocycles. The molecule has 2 rings (SSSR count). The van der Waals surface area contributed by atoms with E-state index in [2.05, 4.69) is 10.5 Å². The largest absolute Gasteiger partial charge is 0.497 e. The fourth-order valence-corrected chi connectivity index (χ4v) is 2.46. The third-order valence-electron chi connectivity index (χ3n) is 3.37. The zero-order valence-corrected chi connectivity index (χ0v) is 16.1. The topological polar surface area (TPSA) is 78.4 Å². The molecule has 0 aliphatic heterocycles. The Morgan fingerprint density at radius 3 is 2.74 bits per heavy atom. The van der Waals surface area contributed by atoms with E-state index in [9.17, 15) is 4.79 Å². The molecule has 144 valence electrons. The molecule has 0 aliphatic rings. The lowest BCUT2D eigenvalue weighted by Gasteiger charge is -2.11. The summed E-state index contributed by atoms with van der Waals surface area (Å²) in [4.78, 5) is 16.9. The summed E-state index contributed by atoms with van der Waals surface area (Å²) < 4.78 is 15.8. The van der Waals surface area contributed by atoms with Crippen LogP contribution in [0.3, 0.4) is 0 Å². The number of hydrogen-bond donors (Lipinski definition) is 1. The van der Waals surface area contributed by atoms with Gasteiger partial charge in [-0.1, -0.05) is 22.8 Å². The predicted molar refractivity (Wildman–Crippen MR) is 104 cm³/mol. The van der Waals surface area contributed by atoms with Crippen molar-refractivity contribution in [3.63, 3.8) is 0 Å². The third kappa shape index (κ3) is 6.07. The van der Waals surface area contributed by atoms with Crippen LogP contribution >= 0.6 is 11.6 Å². The molecular weight excluding hydrogens is 372 g/mol. The molecule has 0 atom stereocenters. The SMILES string of the molecule is CCOc1c(Cl)cc(/C=N\OCC(=O)Nc2cccc(OC)c2)cc1OC. The van der Waals surface area contributed by atoms with E-state index in [0.29, 0.717) is 40.1 Å². The van der Waals surface area contributed by atoms with E-state index in [-0.39, 0.29) is 12.5 Å². The first kappa shape index (κ1) is 20.4. The Bertz CT molecular complexity index is 811. The molecule has 0 radical (unpaired) electrons. The van der Waals surface area contributed by atoms with Gasteiger partial charge in [-0.25, -0.2) is 0 Å². The number of hydrogen-bond acceptors (Lipinski definition) is 6. The second kappa shape index (κ2) is 10.3. The highest BCUT2D eigenvalue weighted by molar-refractivity contribution is 6.32. The van der Waals surface area contributed by atoms with Gasteiger partial charge in [0.05, 0.1) is 32.1 Å². The Labute approximate surface area is 162 Å². The number of carbonyl (C=O) groups is 1. The molecule has 0 bridgehead atoms. The van der Waals surface area contributed by atoms with E-state index in [0.717, 1.165) is 0 Å². The highest BCUT2D eigenvalue weighted by Crippen LogP contribution is 2.35. The maximum Gasteiger partial charge on any atom is 0.265 e. The van der Waals surface area contributed by atoms with Gasteiger partial charge in [0.25, 0.3) is 5.91 Å². The smallest absolute Gasteiger partial charge is 0.265 e. The summed E-state index contributed by atoms with van der Waals surface area (Å²) in [6.07, 6.45) is 1.43. The summed E-state index contributed by atoms with van der Waals surface area (Å²) in [6.45, 7) is 2.08. The van der Waals surface area contributed by atoms with E-state index in [1.54, 1.807) is 43.5 Å². The van der Waals surface area contributed by atoms with Gasteiger partial charge in [0.2, 0.25) is 0 Å². The van der Waals surface area contributed by atoms with Crippen molar-refractivity contribution in [3.05, 3.63) is 47.0 Å². The van der Waals surface area contributed by atoms with Crippen molar-refractivity contribution in [1.82, 2.24) is 0 Å². The van der Waals surface area contributed by atoms with Crippen LogP contribution < -0.4 is 19.5 Å². The highest BCUT2D eigenvalue weighted by atomic mass is 35.5. The van der Waals surface area contributed by atoms with E-state index in [4.69, 9.17) is 30.6 Å². The van der Waals surface area contributed by atoms with Gasteiger partial charge < -0.3 is 24.4 Å². The summed E-state index contributed by atoms with van der Waals surface area (Å²) in [5.74, 6) is 1.26. The van der Waals surface area contributed by atoms with Crippen LogP contribution in [0.15, 0.2) is 41.6 Å². The van der Waals surface area contributed by atoms with Crippen LogP contribution in [0.25, 0.3) is 0 Å². The zero-order chi connectivity index (χ0) is 19.6. The Balaban J connectivity index is 1.91. The molecule has 2 aromatic rings. The van der Waals surface area contributed by atoms with Gasteiger partial charge in [0.15, 0.2) is 18.1 Å². The summed E-state index contributed by atoms with van der Waals surface area (Å²) in [7, 11) is 3.08. The monoisotopic (exact) mass is 392 g/mol. The van der Waals surface area contributed by atoms with E-state index < -0.39 is 0 Å². The van der Waals surface area contributed by atoms with Crippen LogP contribution in [0, 0.1) is 0 Å². The molecule has 27 heavy (non-hydrogen) atoms. The van der Waals surface area contributed by atoms with Crippen molar-refractivity contribution in [1.29, 1.82) is 0 Å². The number of methoxy groups -OCH3 is 2. The fraction of sp³-hybridized carbons (Fsp3) is 0.263. The average molecular weight is 393 g/mol. The van der Waals surface area contributed by atoms with Gasteiger partial charge >= 0.3 is 0 Å². The van der Waals surface area contributed by atoms with Gasteiger partial charge in [-0.15, -0.1) is 0 Å². The molecule has 0 unspecified atom stereocenters. The quantitative estimate of drug-likeness (QED) is 0.519. The van der Waals surface area contributed by atoms with Gasteiger partial charge in [0.1, 0.15) is 5.75 Å². The molecule has 2 aromatic carbocycles. The maximum atomic E-state index is 11.9. The number of nitrogens with one attached hydrogen (secondary N) is 1. The lowest BCUT2D eigenvalue weighted by atomic mass is 10.2. The lowest BCUT2D eigenvalue weighted by molar-refractivity contribution is -0.120. The van der Waals surface area contributed by atoms with E-state index in [1.165, 1.54) is 13.3 Å². The summed E-state index contributed by atoms with van der Waals surface area (Å²) in [5.41, 5.74) is 1.25. The van der Waals surface area contributed by atoms with Crippen LogP contribution in [0.1, 0.15) is 12.5 Å². The summed E-state index contributed by atoms with van der Waals surface area (Å²) in [5, 5.41) is 6.87. The molecule has 0 spiro atoms. The van der Waals surface area contributed by atoms with E-state index in [1.807, 2.05) is 6.92 Å². The van der Waals surface area contributed by atoms with Crippen molar-refractivity contribution in [2.75, 3.05) is 32.8 Å². The third-order valence-corrected chi connectivity index (χ3v) is 3.65. The number of oxime groups is 1. The second-order valence-electron chi connectivity index (χ2n) is 5.26. The molecular formula is C19H21ClN2O5. The first-order valence-corrected chi connectivity index (χ1v) is 8.54. The van der Waals surface area contributed by atoms with Gasteiger partial charge in [0, 0.05) is 17.3 Å². The zero-order valence-electron chi connectivity index (χ0n) is 15.3. The minimum absolute atomic E-state index is 0.240. The van der Waals surface area contributed by atoms with Crippen molar-refractivity contribution < 1.29 is 23.8 Å². The molecule has 0 heterocycles. The standard InChI is InChI=1S/C19H21ClN2O5/c1-4-26-19-16(20)8-13(9-17(19)25-3)11-21-27-12-18(23)22-14-6-5-7-15(10-14)24-2/h5-11H,4,12H2,1-3H3,(H,22,23)/b21-11-. The fourth-order valence-electron chi connectivity index (χ4n) is 2.19. The first-order valence-electron chi connectivity index (χ1n) is 8.17. The van der Waals surface area contributed by atoms with Crippen LogP contribution in [-0.2, 0) is 9.63 Å². The summed E-state index contributed by atoms with van der Waals surface area (Å²) >= 11 is 6.19. The highest BCUT2D eigenvalue weighted by Gasteiger charge is 2.11. The van der Waals surface area contributed by atoms with Crippen LogP contribution in [0.4, 0.5) is 5.69 Å². The Morgan fingerprint density at radius 1 is 1.22 bits per heavy atom. The molecule has 8 heteroatoms. The van der Waals surface area contributed by atoms with Crippen molar-refractivity contribution >= 4 is 29.4 Å². The number of nitrogens with zero attached hydrogens (tertiary/aromatic N) is 1. The van der Waals surface area contributed by atoms with Crippen LogP contribution in [0.5, 0.6) is 17.2 Å². The average Bonchev–Trinajstić information content (AvgIpc) is 2.67. The molecule has 7 nitrogen and oxygen atoms in total. The van der Waals surface area contributed by atoms with Crippen molar-refractivity contribution in [2.45, 2.75) is 6.92 Å². The van der Waals surface area contributed by atoms with Crippen molar-refractivity contribution in [3.8, 4) is 17.2 Å². The number of amides is 1. The number of ether oxygens (including phenoxy) is 3. The molecule has 0 aromatic heterocycles. The van der Waals surface area contributed by atoms with E-state index >= 15 is 0 Å².